The van der Waals surface area contributed by atoms with Crippen molar-refractivity contribution >= 4 is 0 Å². The van der Waals surface area contributed by atoms with Gasteiger partial charge in [0.05, 0.1) is 6.61 Å². The van der Waals surface area contributed by atoms with E-state index in [0.29, 0.717) is 6.04 Å². The van der Waals surface area contributed by atoms with Crippen LogP contribution >= 0.6 is 0 Å². The van der Waals surface area contributed by atoms with Crippen LogP contribution in [0.1, 0.15) is 40.0 Å². The minimum atomic E-state index is 0.261. The summed E-state index contributed by atoms with van der Waals surface area (Å²) in [5, 5.41) is 12.3. The second kappa shape index (κ2) is 7.56. The molecule has 0 amide bonds. The van der Waals surface area contributed by atoms with E-state index >= 15 is 0 Å². The van der Waals surface area contributed by atoms with Gasteiger partial charge >= 0.3 is 0 Å². The molecule has 0 rings (SSSR count). The van der Waals surface area contributed by atoms with E-state index in [1.165, 1.54) is 12.8 Å². The molecular formula is C10H23NO. The number of aliphatic hydroxyl groups is 1. The summed E-state index contributed by atoms with van der Waals surface area (Å²) in [5.41, 5.74) is 0. The first-order valence-electron chi connectivity index (χ1n) is 5.12. The molecule has 0 saturated heterocycles. The molecule has 1 unspecified atom stereocenters. The van der Waals surface area contributed by atoms with E-state index in [1.807, 2.05) is 0 Å². The lowest BCUT2D eigenvalue weighted by molar-refractivity contribution is 0.232. The summed E-state index contributed by atoms with van der Waals surface area (Å²) < 4.78 is 0. The molecule has 1 atom stereocenters. The molecule has 0 fully saturated rings. The van der Waals surface area contributed by atoms with Gasteiger partial charge < -0.3 is 10.4 Å². The maximum atomic E-state index is 8.92. The predicted molar refractivity (Wildman–Crippen MR) is 53.2 cm³/mol. The minimum Gasteiger partial charge on any atom is -0.395 e. The van der Waals surface area contributed by atoms with Crippen molar-refractivity contribution in [1.82, 2.24) is 5.32 Å². The molecule has 0 aliphatic heterocycles. The van der Waals surface area contributed by atoms with E-state index in [0.717, 1.165) is 18.9 Å². The fourth-order valence-electron chi connectivity index (χ4n) is 1.25. The Labute approximate surface area is 76.4 Å². The monoisotopic (exact) mass is 173 g/mol. The second-order valence-corrected chi connectivity index (χ2v) is 3.38. The average Bonchev–Trinajstić information content (AvgIpc) is 2.13. The van der Waals surface area contributed by atoms with Crippen LogP contribution in [0.25, 0.3) is 0 Å². The molecule has 2 nitrogen and oxygen atoms in total. The van der Waals surface area contributed by atoms with Crippen molar-refractivity contribution in [3.63, 3.8) is 0 Å². The maximum Gasteiger partial charge on any atom is 0.0584 e. The van der Waals surface area contributed by atoms with Gasteiger partial charge in [-0.05, 0) is 18.9 Å². The number of rotatable bonds is 7. The third-order valence-corrected chi connectivity index (χ3v) is 2.56. The molecule has 0 bridgehead atoms. The highest BCUT2D eigenvalue weighted by molar-refractivity contribution is 4.66. The van der Waals surface area contributed by atoms with Crippen LogP contribution in [0.5, 0.6) is 0 Å². The van der Waals surface area contributed by atoms with Crippen molar-refractivity contribution in [3.8, 4) is 0 Å². The Morgan fingerprint density at radius 3 is 2.00 bits per heavy atom. The highest BCUT2D eigenvalue weighted by Crippen LogP contribution is 2.05. The topological polar surface area (TPSA) is 32.3 Å². The normalized spacial score (nSPS) is 13.8. The smallest absolute Gasteiger partial charge is 0.0584 e. The molecule has 0 aromatic heterocycles. The number of aliphatic hydroxyl groups excluding tert-OH is 1. The molecule has 2 N–H and O–H groups in total. The van der Waals surface area contributed by atoms with E-state index in [1.54, 1.807) is 0 Å². The van der Waals surface area contributed by atoms with Crippen molar-refractivity contribution in [1.29, 1.82) is 0 Å². The summed E-state index contributed by atoms with van der Waals surface area (Å²) in [6, 6.07) is 0.297. The minimum absolute atomic E-state index is 0.261. The summed E-state index contributed by atoms with van der Waals surface area (Å²) in [7, 11) is 0. The van der Waals surface area contributed by atoms with Gasteiger partial charge in [0.15, 0.2) is 0 Å². The van der Waals surface area contributed by atoms with Gasteiger partial charge in [0, 0.05) is 6.04 Å². The Hall–Kier alpha value is -0.0800. The summed E-state index contributed by atoms with van der Waals surface area (Å²) in [5.74, 6) is 0.769. The SMILES string of the molecule is CCC(CC)CNC(CC)CO. The molecule has 0 heterocycles. The molecule has 0 saturated carbocycles. The summed E-state index contributed by atoms with van der Waals surface area (Å²) in [4.78, 5) is 0. The van der Waals surface area contributed by atoms with Gasteiger partial charge in [-0.3, -0.25) is 0 Å². The Balaban J connectivity index is 3.49. The number of nitrogens with one attached hydrogen (secondary N) is 1. The third-order valence-electron chi connectivity index (χ3n) is 2.56. The van der Waals surface area contributed by atoms with Crippen LogP contribution in [0.4, 0.5) is 0 Å². The first-order chi connectivity index (χ1) is 5.78. The number of hydrogen-bond donors (Lipinski definition) is 2. The standard InChI is InChI=1S/C10H23NO/c1-4-9(5-2)7-11-10(6-3)8-12/h9-12H,4-8H2,1-3H3. The highest BCUT2D eigenvalue weighted by Gasteiger charge is 2.07. The van der Waals surface area contributed by atoms with E-state index < -0.39 is 0 Å². The van der Waals surface area contributed by atoms with Gasteiger partial charge in [-0.15, -0.1) is 0 Å². The van der Waals surface area contributed by atoms with E-state index in [9.17, 15) is 0 Å². The molecule has 0 aliphatic rings. The first-order valence-corrected chi connectivity index (χ1v) is 5.12. The van der Waals surface area contributed by atoms with Crippen LogP contribution in [-0.2, 0) is 0 Å². The van der Waals surface area contributed by atoms with Crippen LogP contribution < -0.4 is 5.32 Å². The summed E-state index contributed by atoms with van der Waals surface area (Å²) >= 11 is 0. The molecule has 12 heavy (non-hydrogen) atoms. The molecular weight excluding hydrogens is 150 g/mol. The lowest BCUT2D eigenvalue weighted by Gasteiger charge is -2.18. The molecule has 74 valence electrons. The maximum absolute atomic E-state index is 8.92. The third kappa shape index (κ3) is 4.73. The average molecular weight is 173 g/mol. The molecule has 0 aliphatic carbocycles. The fraction of sp³-hybridized carbons (Fsp3) is 1.00. The van der Waals surface area contributed by atoms with Crippen molar-refractivity contribution in [2.45, 2.75) is 46.1 Å². The Morgan fingerprint density at radius 1 is 1.08 bits per heavy atom. The van der Waals surface area contributed by atoms with Crippen molar-refractivity contribution in [2.24, 2.45) is 5.92 Å². The van der Waals surface area contributed by atoms with Gasteiger partial charge in [0.1, 0.15) is 0 Å². The first kappa shape index (κ1) is 11.9. The zero-order valence-corrected chi connectivity index (χ0v) is 8.64. The lowest BCUT2D eigenvalue weighted by Crippen LogP contribution is -2.35. The molecule has 2 heteroatoms. The zero-order chi connectivity index (χ0) is 9.40. The Morgan fingerprint density at radius 2 is 1.67 bits per heavy atom. The molecule has 0 aromatic carbocycles. The fourth-order valence-corrected chi connectivity index (χ4v) is 1.25. The van der Waals surface area contributed by atoms with Crippen molar-refractivity contribution < 1.29 is 5.11 Å². The van der Waals surface area contributed by atoms with Crippen LogP contribution in [0, 0.1) is 5.92 Å². The lowest BCUT2D eigenvalue weighted by atomic mass is 10.0. The summed E-state index contributed by atoms with van der Waals surface area (Å²) in [6.07, 6.45) is 3.47. The van der Waals surface area contributed by atoms with Gasteiger partial charge in [-0.1, -0.05) is 33.6 Å². The van der Waals surface area contributed by atoms with Crippen LogP contribution in [-0.4, -0.2) is 24.3 Å². The van der Waals surface area contributed by atoms with Crippen LogP contribution in [0.3, 0.4) is 0 Å². The van der Waals surface area contributed by atoms with E-state index in [4.69, 9.17) is 5.11 Å². The quantitative estimate of drug-likeness (QED) is 0.615. The second-order valence-electron chi connectivity index (χ2n) is 3.38. The van der Waals surface area contributed by atoms with E-state index in [-0.39, 0.29) is 6.61 Å². The zero-order valence-electron chi connectivity index (χ0n) is 8.64. The Kier molecular flexibility index (Phi) is 7.51. The highest BCUT2D eigenvalue weighted by atomic mass is 16.3. The van der Waals surface area contributed by atoms with Crippen molar-refractivity contribution in [3.05, 3.63) is 0 Å². The molecule has 0 radical (unpaired) electrons. The molecule has 0 aromatic rings. The van der Waals surface area contributed by atoms with Gasteiger partial charge in [0.2, 0.25) is 0 Å². The summed E-state index contributed by atoms with van der Waals surface area (Å²) in [6.45, 7) is 7.84. The van der Waals surface area contributed by atoms with E-state index in [2.05, 4.69) is 26.1 Å². The van der Waals surface area contributed by atoms with Crippen LogP contribution in [0.2, 0.25) is 0 Å². The van der Waals surface area contributed by atoms with Gasteiger partial charge in [0.25, 0.3) is 0 Å². The van der Waals surface area contributed by atoms with Crippen molar-refractivity contribution in [2.75, 3.05) is 13.2 Å². The van der Waals surface area contributed by atoms with Gasteiger partial charge in [-0.2, -0.15) is 0 Å². The Bertz CT molecular complexity index is 75.8. The molecule has 0 spiro atoms. The largest absolute Gasteiger partial charge is 0.395 e. The predicted octanol–water partition coefficient (Wildman–Crippen LogP) is 1.78. The van der Waals surface area contributed by atoms with Gasteiger partial charge in [-0.25, -0.2) is 0 Å². The number of hydrogen-bond acceptors (Lipinski definition) is 2. The van der Waals surface area contributed by atoms with Crippen LogP contribution in [0.15, 0.2) is 0 Å².